The van der Waals surface area contributed by atoms with Crippen molar-refractivity contribution in [1.82, 2.24) is 4.31 Å². The van der Waals surface area contributed by atoms with Crippen LogP contribution in [0.25, 0.3) is 0 Å². The molecular formula is C24H24N2O5S. The molecular weight excluding hydrogens is 428 g/mol. The smallest absolute Gasteiger partial charge is 0.255 e. The van der Waals surface area contributed by atoms with E-state index in [-0.39, 0.29) is 10.5 Å². The van der Waals surface area contributed by atoms with Gasteiger partial charge in [0, 0.05) is 24.3 Å². The summed E-state index contributed by atoms with van der Waals surface area (Å²) in [5.41, 5.74) is 1.99. The van der Waals surface area contributed by atoms with Gasteiger partial charge in [-0.25, -0.2) is 8.42 Å². The zero-order valence-electron chi connectivity index (χ0n) is 17.7. The first-order valence-electron chi connectivity index (χ1n) is 10.3. The van der Waals surface area contributed by atoms with Gasteiger partial charge >= 0.3 is 0 Å². The molecule has 0 unspecified atom stereocenters. The highest BCUT2D eigenvalue weighted by Crippen LogP contribution is 2.24. The number of morpholine rings is 1. The zero-order chi connectivity index (χ0) is 22.6. The molecule has 3 aromatic rings. The summed E-state index contributed by atoms with van der Waals surface area (Å²) in [4.78, 5) is 12.8. The first kappa shape index (κ1) is 22.0. The number of rotatable bonds is 6. The summed E-state index contributed by atoms with van der Waals surface area (Å²) >= 11 is 0. The van der Waals surface area contributed by atoms with Crippen molar-refractivity contribution >= 4 is 21.6 Å². The van der Waals surface area contributed by atoms with Gasteiger partial charge in [-0.3, -0.25) is 4.79 Å². The van der Waals surface area contributed by atoms with E-state index in [9.17, 15) is 13.2 Å². The molecule has 4 rings (SSSR count). The molecule has 0 aliphatic carbocycles. The number of amides is 1. The van der Waals surface area contributed by atoms with Crippen LogP contribution in [0.5, 0.6) is 11.5 Å². The van der Waals surface area contributed by atoms with Crippen LogP contribution in [0.3, 0.4) is 0 Å². The van der Waals surface area contributed by atoms with Crippen LogP contribution in [-0.4, -0.2) is 44.9 Å². The molecule has 0 bridgehead atoms. The standard InChI is InChI=1S/C24H24N2O5S/c1-18-5-9-21(10-6-18)31-22-11-7-20(8-12-22)25-24(27)19-3-2-4-23(17-19)32(28,29)26-13-15-30-16-14-26/h2-12,17H,13-16H2,1H3,(H,25,27). The SMILES string of the molecule is Cc1ccc(Oc2ccc(NC(=O)c3cccc(S(=O)(=O)N4CCOCC4)c3)cc2)cc1. The highest BCUT2D eigenvalue weighted by molar-refractivity contribution is 7.89. The fraction of sp³-hybridized carbons (Fsp3) is 0.208. The lowest BCUT2D eigenvalue weighted by atomic mass is 10.2. The third-order valence-corrected chi connectivity index (χ3v) is 6.97. The number of hydrogen-bond donors (Lipinski definition) is 1. The molecule has 8 heteroatoms. The number of aryl methyl sites for hydroxylation is 1. The number of benzene rings is 3. The maximum Gasteiger partial charge on any atom is 0.255 e. The van der Waals surface area contributed by atoms with Crippen molar-refractivity contribution in [3.63, 3.8) is 0 Å². The zero-order valence-corrected chi connectivity index (χ0v) is 18.5. The average Bonchev–Trinajstić information content (AvgIpc) is 2.82. The van der Waals surface area contributed by atoms with Gasteiger partial charge < -0.3 is 14.8 Å². The monoisotopic (exact) mass is 452 g/mol. The molecule has 7 nitrogen and oxygen atoms in total. The predicted octanol–water partition coefficient (Wildman–Crippen LogP) is 4.06. The summed E-state index contributed by atoms with van der Waals surface area (Å²) in [7, 11) is -3.67. The molecule has 1 amide bonds. The van der Waals surface area contributed by atoms with E-state index in [0.717, 1.165) is 11.3 Å². The topological polar surface area (TPSA) is 84.9 Å². The highest BCUT2D eigenvalue weighted by atomic mass is 32.2. The van der Waals surface area contributed by atoms with Crippen LogP contribution < -0.4 is 10.1 Å². The molecule has 0 atom stereocenters. The maximum atomic E-state index is 12.9. The molecule has 1 fully saturated rings. The summed E-state index contributed by atoms with van der Waals surface area (Å²) in [6, 6.07) is 20.8. The summed E-state index contributed by atoms with van der Waals surface area (Å²) in [6.07, 6.45) is 0. The van der Waals surface area contributed by atoms with Gasteiger partial charge in [-0.1, -0.05) is 23.8 Å². The minimum atomic E-state index is -3.67. The lowest BCUT2D eigenvalue weighted by Gasteiger charge is -2.26. The summed E-state index contributed by atoms with van der Waals surface area (Å²) in [5.74, 6) is 0.979. The third-order valence-electron chi connectivity index (χ3n) is 5.07. The Kier molecular flexibility index (Phi) is 6.55. The van der Waals surface area contributed by atoms with Crippen LogP contribution in [-0.2, 0) is 14.8 Å². The summed E-state index contributed by atoms with van der Waals surface area (Å²) in [5, 5.41) is 2.79. The summed E-state index contributed by atoms with van der Waals surface area (Å²) < 4.78 is 38.1. The second-order valence-corrected chi connectivity index (χ2v) is 9.38. The molecule has 1 aliphatic rings. The van der Waals surface area contributed by atoms with Crippen LogP contribution >= 0.6 is 0 Å². The van der Waals surface area contributed by atoms with Gasteiger partial charge in [-0.2, -0.15) is 4.31 Å². The van der Waals surface area contributed by atoms with E-state index in [0.29, 0.717) is 37.7 Å². The number of nitrogens with zero attached hydrogens (tertiary/aromatic N) is 1. The van der Waals surface area contributed by atoms with Gasteiger partial charge in [-0.05, 0) is 61.5 Å². The predicted molar refractivity (Wildman–Crippen MR) is 122 cm³/mol. The fourth-order valence-corrected chi connectivity index (χ4v) is 4.74. The number of ether oxygens (including phenoxy) is 2. The molecule has 1 aliphatic heterocycles. The first-order chi connectivity index (χ1) is 15.4. The van der Waals surface area contributed by atoms with E-state index in [2.05, 4.69) is 5.32 Å². The van der Waals surface area contributed by atoms with Crippen molar-refractivity contribution in [2.75, 3.05) is 31.6 Å². The second-order valence-electron chi connectivity index (χ2n) is 7.44. The van der Waals surface area contributed by atoms with Crippen LogP contribution in [0.15, 0.2) is 77.7 Å². The maximum absolute atomic E-state index is 12.9. The van der Waals surface area contributed by atoms with E-state index in [4.69, 9.17) is 9.47 Å². The summed E-state index contributed by atoms with van der Waals surface area (Å²) in [6.45, 7) is 3.34. The Balaban J connectivity index is 1.43. The molecule has 3 aromatic carbocycles. The normalized spacial score (nSPS) is 14.7. The van der Waals surface area contributed by atoms with Gasteiger partial charge in [-0.15, -0.1) is 0 Å². The van der Waals surface area contributed by atoms with E-state index in [1.165, 1.54) is 16.4 Å². The number of carbonyl (C=O) groups excluding carboxylic acids is 1. The number of hydrogen-bond acceptors (Lipinski definition) is 5. The Morgan fingerprint density at radius 3 is 2.22 bits per heavy atom. The molecule has 0 radical (unpaired) electrons. The molecule has 0 saturated carbocycles. The molecule has 1 heterocycles. The Labute approximate surface area is 187 Å². The van der Waals surface area contributed by atoms with E-state index < -0.39 is 15.9 Å². The number of anilines is 1. The number of carbonyl (C=O) groups is 1. The van der Waals surface area contributed by atoms with Crippen molar-refractivity contribution in [2.45, 2.75) is 11.8 Å². The number of sulfonamides is 1. The van der Waals surface area contributed by atoms with E-state index >= 15 is 0 Å². The lowest BCUT2D eigenvalue weighted by molar-refractivity contribution is 0.0730. The van der Waals surface area contributed by atoms with Gasteiger partial charge in [0.2, 0.25) is 10.0 Å². The molecule has 0 spiro atoms. The number of nitrogens with one attached hydrogen (secondary N) is 1. The lowest BCUT2D eigenvalue weighted by Crippen LogP contribution is -2.40. The Hall–Kier alpha value is -3.20. The van der Waals surface area contributed by atoms with Crippen molar-refractivity contribution < 1.29 is 22.7 Å². The van der Waals surface area contributed by atoms with Gasteiger partial charge in [0.15, 0.2) is 0 Å². The van der Waals surface area contributed by atoms with Gasteiger partial charge in [0.25, 0.3) is 5.91 Å². The fourth-order valence-electron chi connectivity index (χ4n) is 3.29. The highest BCUT2D eigenvalue weighted by Gasteiger charge is 2.26. The van der Waals surface area contributed by atoms with Crippen LogP contribution in [0.1, 0.15) is 15.9 Å². The Morgan fingerprint density at radius 2 is 1.56 bits per heavy atom. The van der Waals surface area contributed by atoms with Gasteiger partial charge in [0.1, 0.15) is 11.5 Å². The first-order valence-corrected chi connectivity index (χ1v) is 11.7. The Morgan fingerprint density at radius 1 is 0.938 bits per heavy atom. The molecule has 0 aromatic heterocycles. The second kappa shape index (κ2) is 9.52. The van der Waals surface area contributed by atoms with E-state index in [1.54, 1.807) is 36.4 Å². The van der Waals surface area contributed by atoms with Crippen LogP contribution in [0, 0.1) is 6.92 Å². The molecule has 166 valence electrons. The largest absolute Gasteiger partial charge is 0.457 e. The Bertz CT molecular complexity index is 1190. The average molecular weight is 453 g/mol. The van der Waals surface area contributed by atoms with E-state index in [1.807, 2.05) is 31.2 Å². The quantitative estimate of drug-likeness (QED) is 0.610. The third kappa shape index (κ3) is 5.16. The van der Waals surface area contributed by atoms with Crippen molar-refractivity contribution in [3.8, 4) is 11.5 Å². The van der Waals surface area contributed by atoms with Crippen molar-refractivity contribution in [1.29, 1.82) is 0 Å². The van der Waals surface area contributed by atoms with Crippen molar-refractivity contribution in [2.24, 2.45) is 0 Å². The molecule has 1 N–H and O–H groups in total. The van der Waals surface area contributed by atoms with Gasteiger partial charge in [0.05, 0.1) is 18.1 Å². The van der Waals surface area contributed by atoms with Crippen LogP contribution in [0.2, 0.25) is 0 Å². The van der Waals surface area contributed by atoms with Crippen molar-refractivity contribution in [3.05, 3.63) is 83.9 Å². The molecule has 1 saturated heterocycles. The van der Waals surface area contributed by atoms with Crippen LogP contribution in [0.4, 0.5) is 5.69 Å². The minimum absolute atomic E-state index is 0.0916. The minimum Gasteiger partial charge on any atom is -0.457 e. The molecule has 32 heavy (non-hydrogen) atoms.